The largest absolute Gasteiger partial charge is 0.300 e. The lowest BCUT2D eigenvalue weighted by Crippen LogP contribution is -2.17. The first kappa shape index (κ1) is 10.2. The molecule has 0 radical (unpaired) electrons. The summed E-state index contributed by atoms with van der Waals surface area (Å²) in [5, 5.41) is 7.74. The summed E-state index contributed by atoms with van der Waals surface area (Å²) in [5.41, 5.74) is 0. The molecule has 5 heteroatoms. The Morgan fingerprint density at radius 1 is 1.57 bits per heavy atom. The summed E-state index contributed by atoms with van der Waals surface area (Å²) in [5.74, 6) is 1.01. The van der Waals surface area contributed by atoms with Gasteiger partial charge in [0, 0.05) is 11.3 Å². The molecule has 1 N–H and O–H groups in total. The summed E-state index contributed by atoms with van der Waals surface area (Å²) in [6.07, 6.45) is 6.03. The Morgan fingerprint density at radius 2 is 2.36 bits per heavy atom. The van der Waals surface area contributed by atoms with Gasteiger partial charge in [-0.3, -0.25) is 5.10 Å². The molecule has 0 saturated heterocycles. The smallest absolute Gasteiger partial charge is 0.195 e. The molecule has 1 aliphatic rings. The number of aromatic nitrogens is 3. The van der Waals surface area contributed by atoms with Crippen LogP contribution in [0.5, 0.6) is 0 Å². The highest BCUT2D eigenvalue weighted by Gasteiger charge is 2.29. The zero-order valence-corrected chi connectivity index (χ0v) is 10.1. The molecule has 1 aromatic heterocycles. The van der Waals surface area contributed by atoms with Gasteiger partial charge in [0.15, 0.2) is 4.77 Å². The van der Waals surface area contributed by atoms with E-state index in [0.717, 1.165) is 10.6 Å². The normalized spacial score (nSPS) is 27.0. The monoisotopic (exact) mass is 229 g/mol. The number of aromatic amines is 1. The fraction of sp³-hybridized carbons (Fsp3) is 0.778. The number of H-pyrrole nitrogens is 1. The van der Waals surface area contributed by atoms with Crippen LogP contribution in [0, 0.1) is 11.7 Å². The summed E-state index contributed by atoms with van der Waals surface area (Å²) in [6.45, 7) is 2.02. The Balaban J connectivity index is 2.34. The molecule has 1 heterocycles. The molecule has 2 unspecified atom stereocenters. The van der Waals surface area contributed by atoms with Gasteiger partial charge in [-0.25, -0.2) is 0 Å². The summed E-state index contributed by atoms with van der Waals surface area (Å²) in [6, 6.07) is 0.552. The van der Waals surface area contributed by atoms with Gasteiger partial charge in [0.2, 0.25) is 0 Å². The molecule has 1 aromatic rings. The molecule has 78 valence electrons. The third-order valence-corrected chi connectivity index (χ3v) is 4.38. The number of rotatable bonds is 2. The van der Waals surface area contributed by atoms with Crippen LogP contribution in [0.15, 0.2) is 0 Å². The van der Waals surface area contributed by atoms with Crippen LogP contribution in [-0.4, -0.2) is 26.3 Å². The summed E-state index contributed by atoms with van der Waals surface area (Å²) in [7, 11) is 0. The van der Waals surface area contributed by atoms with Crippen LogP contribution in [0.4, 0.5) is 0 Å². The van der Waals surface area contributed by atoms with Crippen LogP contribution < -0.4 is 0 Å². The van der Waals surface area contributed by atoms with Gasteiger partial charge in [-0.2, -0.15) is 16.9 Å². The van der Waals surface area contributed by atoms with E-state index >= 15 is 0 Å². The lowest BCUT2D eigenvalue weighted by molar-refractivity contribution is 0.509. The highest BCUT2D eigenvalue weighted by Crippen LogP contribution is 2.37. The zero-order valence-electron chi connectivity index (χ0n) is 8.49. The molecule has 1 fully saturated rings. The minimum Gasteiger partial charge on any atom is -0.300 e. The van der Waals surface area contributed by atoms with Crippen LogP contribution in [0.25, 0.3) is 0 Å². The van der Waals surface area contributed by atoms with Crippen molar-refractivity contribution in [1.82, 2.24) is 14.8 Å². The van der Waals surface area contributed by atoms with Crippen molar-refractivity contribution in [2.45, 2.75) is 37.5 Å². The van der Waals surface area contributed by atoms with Gasteiger partial charge in [0.1, 0.15) is 5.82 Å². The van der Waals surface area contributed by atoms with Crippen LogP contribution in [-0.2, 0) is 0 Å². The molecular formula is C9H15N3S2. The minimum atomic E-state index is 0.552. The van der Waals surface area contributed by atoms with E-state index in [9.17, 15) is 0 Å². The van der Waals surface area contributed by atoms with E-state index in [2.05, 4.69) is 21.0 Å². The molecule has 1 saturated carbocycles. The van der Waals surface area contributed by atoms with E-state index in [0.29, 0.717) is 11.3 Å². The predicted molar refractivity (Wildman–Crippen MR) is 62.3 cm³/mol. The maximum absolute atomic E-state index is 5.25. The first-order valence-electron chi connectivity index (χ1n) is 4.90. The molecule has 0 aliphatic heterocycles. The second-order valence-corrected chi connectivity index (χ2v) is 5.18. The third kappa shape index (κ3) is 1.63. The number of hydrogen-bond donors (Lipinski definition) is 1. The number of thioether (sulfide) groups is 1. The molecule has 2 atom stereocenters. The first-order valence-corrected chi connectivity index (χ1v) is 6.60. The number of hydrogen-bond acceptors (Lipinski definition) is 3. The molecular weight excluding hydrogens is 214 g/mol. The fourth-order valence-corrected chi connectivity index (χ4v) is 3.54. The Kier molecular flexibility index (Phi) is 2.97. The quantitative estimate of drug-likeness (QED) is 0.792. The van der Waals surface area contributed by atoms with E-state index in [1.165, 1.54) is 19.3 Å². The summed E-state index contributed by atoms with van der Waals surface area (Å²) >= 11 is 7.19. The topological polar surface area (TPSA) is 33.6 Å². The van der Waals surface area contributed by atoms with Crippen molar-refractivity contribution >= 4 is 24.0 Å². The highest BCUT2D eigenvalue weighted by molar-refractivity contribution is 7.99. The average Bonchev–Trinajstić information content (AvgIpc) is 2.73. The molecule has 0 spiro atoms. The van der Waals surface area contributed by atoms with Gasteiger partial charge in [-0.05, 0) is 38.2 Å². The standard InChI is InChI=1S/C9H15N3S2/c1-6-10-11-9(13)12(6)7-4-3-5-8(7)14-2/h7-8H,3-5H2,1-2H3,(H,11,13). The maximum Gasteiger partial charge on any atom is 0.195 e. The Hall–Kier alpha value is -0.290. The van der Waals surface area contributed by atoms with Crippen LogP contribution in [0.3, 0.4) is 0 Å². The Labute approximate surface area is 93.3 Å². The van der Waals surface area contributed by atoms with E-state index in [1.807, 2.05) is 18.7 Å². The molecule has 14 heavy (non-hydrogen) atoms. The van der Waals surface area contributed by atoms with Gasteiger partial charge in [0.05, 0.1) is 0 Å². The molecule has 0 bridgehead atoms. The van der Waals surface area contributed by atoms with Gasteiger partial charge in [0.25, 0.3) is 0 Å². The van der Waals surface area contributed by atoms with Gasteiger partial charge in [-0.1, -0.05) is 6.42 Å². The second-order valence-electron chi connectivity index (χ2n) is 3.72. The first-order chi connectivity index (χ1) is 6.74. The van der Waals surface area contributed by atoms with Crippen molar-refractivity contribution in [2.75, 3.05) is 6.26 Å². The molecule has 2 rings (SSSR count). The Bertz CT molecular complexity index is 368. The van der Waals surface area contributed by atoms with Crippen molar-refractivity contribution in [2.24, 2.45) is 0 Å². The van der Waals surface area contributed by atoms with E-state index < -0.39 is 0 Å². The van der Waals surface area contributed by atoms with Crippen molar-refractivity contribution in [3.63, 3.8) is 0 Å². The summed E-state index contributed by atoms with van der Waals surface area (Å²) in [4.78, 5) is 0. The highest BCUT2D eigenvalue weighted by atomic mass is 32.2. The van der Waals surface area contributed by atoms with Crippen LogP contribution >= 0.6 is 24.0 Å². The lowest BCUT2D eigenvalue weighted by Gasteiger charge is -2.19. The van der Waals surface area contributed by atoms with Gasteiger partial charge in [-0.15, -0.1) is 0 Å². The fourth-order valence-electron chi connectivity index (χ4n) is 2.25. The molecule has 0 aromatic carbocycles. The third-order valence-electron chi connectivity index (χ3n) is 2.93. The maximum atomic E-state index is 5.25. The lowest BCUT2D eigenvalue weighted by atomic mass is 10.2. The average molecular weight is 229 g/mol. The Morgan fingerprint density at radius 3 is 2.93 bits per heavy atom. The van der Waals surface area contributed by atoms with E-state index in [4.69, 9.17) is 12.2 Å². The van der Waals surface area contributed by atoms with E-state index in [1.54, 1.807) is 0 Å². The van der Waals surface area contributed by atoms with Gasteiger partial charge >= 0.3 is 0 Å². The van der Waals surface area contributed by atoms with E-state index in [-0.39, 0.29) is 0 Å². The van der Waals surface area contributed by atoms with Crippen molar-refractivity contribution in [3.8, 4) is 0 Å². The number of nitrogens with zero attached hydrogens (tertiary/aromatic N) is 2. The van der Waals surface area contributed by atoms with Crippen molar-refractivity contribution in [3.05, 3.63) is 10.6 Å². The SMILES string of the molecule is CSC1CCCC1n1c(C)n[nH]c1=S. The minimum absolute atomic E-state index is 0.552. The zero-order chi connectivity index (χ0) is 10.1. The van der Waals surface area contributed by atoms with Crippen molar-refractivity contribution in [1.29, 1.82) is 0 Å². The number of aryl methyl sites for hydroxylation is 1. The second kappa shape index (κ2) is 4.06. The molecule has 0 amide bonds. The molecule has 3 nitrogen and oxygen atoms in total. The predicted octanol–water partition coefficient (Wildman–Crippen LogP) is 2.71. The van der Waals surface area contributed by atoms with Crippen LogP contribution in [0.2, 0.25) is 0 Å². The number of nitrogens with one attached hydrogen (secondary N) is 1. The van der Waals surface area contributed by atoms with Gasteiger partial charge < -0.3 is 4.57 Å². The van der Waals surface area contributed by atoms with Crippen molar-refractivity contribution < 1.29 is 0 Å². The summed E-state index contributed by atoms with van der Waals surface area (Å²) < 4.78 is 2.96. The van der Waals surface area contributed by atoms with Crippen LogP contribution in [0.1, 0.15) is 31.1 Å². The molecule has 1 aliphatic carbocycles.